The Morgan fingerprint density at radius 2 is 1.35 bits per heavy atom. The lowest BCUT2D eigenvalue weighted by Crippen LogP contribution is -1.83. The Bertz CT molecular complexity index is 904. The van der Waals surface area contributed by atoms with E-state index in [4.69, 9.17) is 5.73 Å². The van der Waals surface area contributed by atoms with E-state index >= 15 is 0 Å². The second-order valence-corrected chi connectivity index (χ2v) is 6.01. The Morgan fingerprint density at radius 1 is 0.650 bits per heavy atom. The molecule has 4 aromatic rings. The van der Waals surface area contributed by atoms with Crippen molar-refractivity contribution in [3.8, 4) is 11.1 Å². The van der Waals surface area contributed by atoms with Crippen LogP contribution in [0.3, 0.4) is 0 Å². The van der Waals surface area contributed by atoms with E-state index in [0.29, 0.717) is 0 Å². The molecule has 96 valence electrons. The van der Waals surface area contributed by atoms with Crippen LogP contribution in [0.1, 0.15) is 0 Å². The lowest BCUT2D eigenvalue weighted by atomic mass is 10.0. The van der Waals surface area contributed by atoms with Gasteiger partial charge >= 0.3 is 0 Å². The van der Waals surface area contributed by atoms with Gasteiger partial charge in [-0.15, -0.1) is 11.3 Å². The maximum Gasteiger partial charge on any atom is 0.0355 e. The summed E-state index contributed by atoms with van der Waals surface area (Å²) < 4.78 is 2.68. The van der Waals surface area contributed by atoms with Crippen LogP contribution in [-0.2, 0) is 0 Å². The van der Waals surface area contributed by atoms with E-state index in [1.165, 1.54) is 31.3 Å². The molecule has 0 radical (unpaired) electrons. The highest BCUT2D eigenvalue weighted by molar-refractivity contribution is 7.25. The third-order valence-electron chi connectivity index (χ3n) is 3.62. The minimum absolute atomic E-state index is 0.802. The second kappa shape index (κ2) is 4.36. The van der Waals surface area contributed by atoms with Crippen molar-refractivity contribution >= 4 is 37.2 Å². The third-order valence-corrected chi connectivity index (χ3v) is 4.77. The zero-order valence-corrected chi connectivity index (χ0v) is 11.7. The number of rotatable bonds is 1. The van der Waals surface area contributed by atoms with Crippen LogP contribution in [0.4, 0.5) is 5.69 Å². The van der Waals surface area contributed by atoms with E-state index in [-0.39, 0.29) is 0 Å². The molecule has 0 spiro atoms. The van der Waals surface area contributed by atoms with Crippen LogP contribution in [0.15, 0.2) is 66.7 Å². The smallest absolute Gasteiger partial charge is 0.0355 e. The molecule has 1 aromatic heterocycles. The average Bonchev–Trinajstić information content (AvgIpc) is 2.86. The van der Waals surface area contributed by atoms with Crippen LogP contribution >= 0.6 is 11.3 Å². The van der Waals surface area contributed by atoms with Gasteiger partial charge in [0.15, 0.2) is 0 Å². The van der Waals surface area contributed by atoms with Gasteiger partial charge in [0.05, 0.1) is 0 Å². The molecule has 0 saturated carbocycles. The van der Waals surface area contributed by atoms with Crippen molar-refractivity contribution in [1.82, 2.24) is 0 Å². The molecule has 0 atom stereocenters. The lowest BCUT2D eigenvalue weighted by molar-refractivity contribution is 1.64. The molecule has 0 aliphatic heterocycles. The quantitative estimate of drug-likeness (QED) is 0.468. The van der Waals surface area contributed by atoms with Gasteiger partial charge in [-0.25, -0.2) is 0 Å². The van der Waals surface area contributed by atoms with Gasteiger partial charge in [-0.1, -0.05) is 36.4 Å². The highest BCUT2D eigenvalue weighted by atomic mass is 32.1. The Labute approximate surface area is 121 Å². The number of fused-ring (bicyclic) bond motifs is 3. The summed E-state index contributed by atoms with van der Waals surface area (Å²) in [4.78, 5) is 0. The zero-order valence-electron chi connectivity index (χ0n) is 10.8. The second-order valence-electron chi connectivity index (χ2n) is 4.93. The molecule has 0 fully saturated rings. The van der Waals surface area contributed by atoms with Crippen molar-refractivity contribution in [2.45, 2.75) is 0 Å². The van der Waals surface area contributed by atoms with Gasteiger partial charge < -0.3 is 5.73 Å². The molecule has 1 nitrogen and oxygen atoms in total. The van der Waals surface area contributed by atoms with E-state index in [1.54, 1.807) is 0 Å². The fraction of sp³-hybridized carbons (Fsp3) is 0. The van der Waals surface area contributed by atoms with E-state index in [0.717, 1.165) is 5.69 Å². The summed E-state index contributed by atoms with van der Waals surface area (Å²) in [5, 5.41) is 2.67. The third kappa shape index (κ3) is 1.77. The maximum atomic E-state index is 5.75. The molecule has 2 N–H and O–H groups in total. The van der Waals surface area contributed by atoms with Gasteiger partial charge in [-0.05, 0) is 41.5 Å². The van der Waals surface area contributed by atoms with E-state index < -0.39 is 0 Å². The van der Waals surface area contributed by atoms with Crippen molar-refractivity contribution in [3.05, 3.63) is 66.7 Å². The van der Waals surface area contributed by atoms with Crippen molar-refractivity contribution in [2.75, 3.05) is 5.73 Å². The molecule has 2 heteroatoms. The first-order valence-corrected chi connectivity index (χ1v) is 7.40. The summed E-state index contributed by atoms with van der Waals surface area (Å²) in [6.07, 6.45) is 0. The van der Waals surface area contributed by atoms with Crippen molar-refractivity contribution < 1.29 is 0 Å². The minimum atomic E-state index is 0.802. The summed E-state index contributed by atoms with van der Waals surface area (Å²) >= 11 is 1.85. The van der Waals surface area contributed by atoms with Crippen LogP contribution in [0.5, 0.6) is 0 Å². The molecule has 0 aliphatic carbocycles. The first-order valence-electron chi connectivity index (χ1n) is 6.58. The number of thiophene rings is 1. The van der Waals surface area contributed by atoms with Gasteiger partial charge in [0.1, 0.15) is 0 Å². The molecule has 0 bridgehead atoms. The predicted octanol–water partition coefficient (Wildman–Crippen LogP) is 5.30. The molecular formula is C18H13NS. The highest BCUT2D eigenvalue weighted by Crippen LogP contribution is 2.36. The van der Waals surface area contributed by atoms with Gasteiger partial charge in [-0.2, -0.15) is 0 Å². The molecule has 1 heterocycles. The lowest BCUT2D eigenvalue weighted by Gasteiger charge is -2.03. The average molecular weight is 275 g/mol. The largest absolute Gasteiger partial charge is 0.399 e. The Hall–Kier alpha value is -2.32. The van der Waals surface area contributed by atoms with Crippen LogP contribution in [0.25, 0.3) is 31.3 Å². The van der Waals surface area contributed by atoms with Crippen molar-refractivity contribution in [2.24, 2.45) is 0 Å². The number of anilines is 1. The van der Waals surface area contributed by atoms with Gasteiger partial charge in [0.2, 0.25) is 0 Å². The van der Waals surface area contributed by atoms with E-state index in [9.17, 15) is 0 Å². The predicted molar refractivity (Wildman–Crippen MR) is 89.2 cm³/mol. The Balaban J connectivity index is 1.97. The first-order chi connectivity index (χ1) is 9.81. The summed E-state index contributed by atoms with van der Waals surface area (Å²) in [6.45, 7) is 0. The van der Waals surface area contributed by atoms with Gasteiger partial charge in [0, 0.05) is 25.9 Å². The SMILES string of the molecule is Nc1ccc(-c2ccc3sc4ccccc4c3c2)cc1. The van der Waals surface area contributed by atoms with Crippen LogP contribution in [-0.4, -0.2) is 0 Å². The Morgan fingerprint density at radius 3 is 2.20 bits per heavy atom. The van der Waals surface area contributed by atoms with E-state index in [1.807, 2.05) is 23.5 Å². The molecule has 0 unspecified atom stereocenters. The number of nitrogen functional groups attached to an aromatic ring is 1. The summed E-state index contributed by atoms with van der Waals surface area (Å²) in [7, 11) is 0. The van der Waals surface area contributed by atoms with Crippen LogP contribution in [0, 0.1) is 0 Å². The molecule has 0 saturated heterocycles. The molecule has 0 amide bonds. The fourth-order valence-corrected chi connectivity index (χ4v) is 3.67. The summed E-state index contributed by atoms with van der Waals surface area (Å²) in [5.74, 6) is 0. The molecule has 0 aliphatic rings. The minimum Gasteiger partial charge on any atom is -0.399 e. The molecular weight excluding hydrogens is 262 g/mol. The van der Waals surface area contributed by atoms with Crippen LogP contribution < -0.4 is 5.73 Å². The highest BCUT2D eigenvalue weighted by Gasteiger charge is 2.06. The van der Waals surface area contributed by atoms with E-state index in [2.05, 4.69) is 54.6 Å². The fourth-order valence-electron chi connectivity index (χ4n) is 2.58. The number of benzene rings is 3. The summed E-state index contributed by atoms with van der Waals surface area (Å²) in [5.41, 5.74) is 9.00. The number of hydrogen-bond donors (Lipinski definition) is 1. The normalized spacial score (nSPS) is 11.2. The topological polar surface area (TPSA) is 26.0 Å². The Kier molecular flexibility index (Phi) is 2.51. The van der Waals surface area contributed by atoms with Crippen molar-refractivity contribution in [1.29, 1.82) is 0 Å². The number of nitrogens with two attached hydrogens (primary N) is 1. The van der Waals surface area contributed by atoms with Crippen LogP contribution in [0.2, 0.25) is 0 Å². The van der Waals surface area contributed by atoms with Gasteiger partial charge in [0.25, 0.3) is 0 Å². The van der Waals surface area contributed by atoms with Gasteiger partial charge in [-0.3, -0.25) is 0 Å². The molecule has 20 heavy (non-hydrogen) atoms. The zero-order chi connectivity index (χ0) is 13.5. The maximum absolute atomic E-state index is 5.75. The molecule has 4 rings (SSSR count). The number of hydrogen-bond acceptors (Lipinski definition) is 2. The molecule has 3 aromatic carbocycles. The summed E-state index contributed by atoms with van der Waals surface area (Å²) in [6, 6.07) is 23.3. The first kappa shape index (κ1) is 11.5. The standard InChI is InChI=1S/C18H13NS/c19-14-8-5-12(6-9-14)13-7-10-18-16(11-13)15-3-1-2-4-17(15)20-18/h1-11H,19H2. The monoisotopic (exact) mass is 275 g/mol. The van der Waals surface area contributed by atoms with Crippen molar-refractivity contribution in [3.63, 3.8) is 0 Å².